The first-order chi connectivity index (χ1) is 11.0. The Bertz CT molecular complexity index is 732. The van der Waals surface area contributed by atoms with Gasteiger partial charge in [0, 0.05) is 0 Å². The molecule has 120 valence electrons. The standard InChI is InChI=1S/C16H17N3O4/c1-10(18-19-16(21)14-7-8-22-11(14)2)12-3-5-13(6-4-12)23-9-15(17)20/h3-8H,9H2,1-2H3,(H2,17,20)(H,19,21)/b18-10-. The van der Waals surface area contributed by atoms with Crippen LogP contribution in [-0.2, 0) is 4.79 Å². The lowest BCUT2D eigenvalue weighted by molar-refractivity contribution is -0.119. The third-order valence-electron chi connectivity index (χ3n) is 3.08. The molecule has 7 heteroatoms. The number of carbonyl (C=O) groups is 2. The van der Waals surface area contributed by atoms with Gasteiger partial charge >= 0.3 is 0 Å². The summed E-state index contributed by atoms with van der Waals surface area (Å²) in [5.41, 5.74) is 9.36. The van der Waals surface area contributed by atoms with Gasteiger partial charge in [-0.1, -0.05) is 0 Å². The third-order valence-corrected chi connectivity index (χ3v) is 3.08. The van der Waals surface area contributed by atoms with Crippen LogP contribution in [-0.4, -0.2) is 24.1 Å². The number of nitrogens with one attached hydrogen (secondary N) is 1. The Morgan fingerprint density at radius 1 is 1.26 bits per heavy atom. The Morgan fingerprint density at radius 3 is 2.52 bits per heavy atom. The highest BCUT2D eigenvalue weighted by atomic mass is 16.5. The van der Waals surface area contributed by atoms with Crippen molar-refractivity contribution in [1.29, 1.82) is 0 Å². The maximum atomic E-state index is 11.9. The third kappa shape index (κ3) is 4.44. The minimum absolute atomic E-state index is 0.174. The van der Waals surface area contributed by atoms with E-state index in [1.807, 2.05) is 0 Å². The minimum atomic E-state index is -0.538. The number of aryl methyl sites for hydroxylation is 1. The van der Waals surface area contributed by atoms with Gasteiger partial charge in [-0.3, -0.25) is 9.59 Å². The van der Waals surface area contributed by atoms with Crippen LogP contribution in [0.4, 0.5) is 0 Å². The number of hydrogen-bond acceptors (Lipinski definition) is 5. The minimum Gasteiger partial charge on any atom is -0.484 e. The average Bonchev–Trinajstić information content (AvgIpc) is 2.97. The summed E-state index contributed by atoms with van der Waals surface area (Å²) in [5, 5.41) is 4.06. The van der Waals surface area contributed by atoms with Crippen molar-refractivity contribution in [3.05, 3.63) is 53.5 Å². The highest BCUT2D eigenvalue weighted by Gasteiger charge is 2.10. The van der Waals surface area contributed by atoms with Crippen LogP contribution in [0.25, 0.3) is 0 Å². The van der Waals surface area contributed by atoms with E-state index < -0.39 is 5.91 Å². The average molecular weight is 315 g/mol. The fourth-order valence-corrected chi connectivity index (χ4v) is 1.83. The Hall–Kier alpha value is -3.09. The number of rotatable bonds is 6. The first kappa shape index (κ1) is 16.3. The zero-order chi connectivity index (χ0) is 16.8. The number of furan rings is 1. The van der Waals surface area contributed by atoms with Crippen LogP contribution in [0.3, 0.4) is 0 Å². The number of nitrogens with two attached hydrogens (primary N) is 1. The summed E-state index contributed by atoms with van der Waals surface area (Å²) < 4.78 is 10.2. The highest BCUT2D eigenvalue weighted by Crippen LogP contribution is 2.13. The summed E-state index contributed by atoms with van der Waals surface area (Å²) in [6, 6.07) is 8.51. The van der Waals surface area contributed by atoms with Gasteiger partial charge in [0.05, 0.1) is 17.5 Å². The van der Waals surface area contributed by atoms with Gasteiger partial charge in [0.1, 0.15) is 11.5 Å². The van der Waals surface area contributed by atoms with Crippen molar-refractivity contribution in [2.75, 3.05) is 6.61 Å². The van der Waals surface area contributed by atoms with E-state index >= 15 is 0 Å². The van der Waals surface area contributed by atoms with Gasteiger partial charge in [-0.05, 0) is 49.7 Å². The Labute approximate surface area is 133 Å². The van der Waals surface area contributed by atoms with Gasteiger partial charge < -0.3 is 14.9 Å². The van der Waals surface area contributed by atoms with Crippen molar-refractivity contribution in [1.82, 2.24) is 5.43 Å². The molecule has 3 N–H and O–H groups in total. The van der Waals surface area contributed by atoms with Crippen molar-refractivity contribution < 1.29 is 18.7 Å². The number of amides is 2. The number of hydrazone groups is 1. The van der Waals surface area contributed by atoms with Crippen molar-refractivity contribution in [2.45, 2.75) is 13.8 Å². The number of benzene rings is 1. The molecule has 2 amide bonds. The molecule has 0 saturated heterocycles. The van der Waals surface area contributed by atoms with Crippen LogP contribution in [0.5, 0.6) is 5.75 Å². The Balaban J connectivity index is 1.99. The van der Waals surface area contributed by atoms with E-state index in [-0.39, 0.29) is 12.5 Å². The summed E-state index contributed by atoms with van der Waals surface area (Å²) in [6.07, 6.45) is 1.45. The predicted octanol–water partition coefficient (Wildman–Crippen LogP) is 1.61. The van der Waals surface area contributed by atoms with E-state index in [1.165, 1.54) is 6.26 Å². The van der Waals surface area contributed by atoms with E-state index in [9.17, 15) is 9.59 Å². The molecule has 0 atom stereocenters. The van der Waals surface area contributed by atoms with E-state index in [0.29, 0.717) is 22.8 Å². The van der Waals surface area contributed by atoms with Gasteiger partial charge in [0.15, 0.2) is 6.61 Å². The first-order valence-corrected chi connectivity index (χ1v) is 6.87. The molecule has 2 rings (SSSR count). The fraction of sp³-hybridized carbons (Fsp3) is 0.188. The summed E-state index contributed by atoms with van der Waals surface area (Å²) in [7, 11) is 0. The highest BCUT2D eigenvalue weighted by molar-refractivity contribution is 6.01. The van der Waals surface area contributed by atoms with E-state index in [0.717, 1.165) is 5.56 Å². The Morgan fingerprint density at radius 2 is 1.96 bits per heavy atom. The monoisotopic (exact) mass is 315 g/mol. The molecule has 0 aliphatic carbocycles. The van der Waals surface area contributed by atoms with Crippen LogP contribution >= 0.6 is 0 Å². The molecule has 23 heavy (non-hydrogen) atoms. The normalized spacial score (nSPS) is 11.1. The zero-order valence-electron chi connectivity index (χ0n) is 12.8. The fourth-order valence-electron chi connectivity index (χ4n) is 1.83. The molecule has 1 aromatic heterocycles. The molecule has 1 heterocycles. The number of ether oxygens (including phenoxy) is 1. The second-order valence-corrected chi connectivity index (χ2v) is 4.81. The molecule has 2 aromatic rings. The lowest BCUT2D eigenvalue weighted by Gasteiger charge is -2.06. The molecule has 0 saturated carbocycles. The summed E-state index contributed by atoms with van der Waals surface area (Å²) in [4.78, 5) is 22.6. The summed E-state index contributed by atoms with van der Waals surface area (Å²) in [5.74, 6) is 0.186. The molecule has 0 spiro atoms. The second kappa shape index (κ2) is 7.26. The van der Waals surface area contributed by atoms with Gasteiger partial charge in [-0.25, -0.2) is 5.43 Å². The molecular formula is C16H17N3O4. The number of hydrogen-bond donors (Lipinski definition) is 2. The maximum Gasteiger partial charge on any atom is 0.274 e. The molecule has 7 nitrogen and oxygen atoms in total. The Kier molecular flexibility index (Phi) is 5.14. The molecule has 0 aliphatic heterocycles. The van der Waals surface area contributed by atoms with Crippen LogP contribution < -0.4 is 15.9 Å². The van der Waals surface area contributed by atoms with E-state index in [4.69, 9.17) is 14.9 Å². The molecular weight excluding hydrogens is 298 g/mol. The zero-order valence-corrected chi connectivity index (χ0v) is 12.8. The van der Waals surface area contributed by atoms with Crippen molar-refractivity contribution in [3.63, 3.8) is 0 Å². The maximum absolute atomic E-state index is 11.9. The van der Waals surface area contributed by atoms with Crippen molar-refractivity contribution in [2.24, 2.45) is 10.8 Å². The van der Waals surface area contributed by atoms with Gasteiger partial charge in [0.25, 0.3) is 11.8 Å². The molecule has 0 radical (unpaired) electrons. The van der Waals surface area contributed by atoms with Gasteiger partial charge in [0.2, 0.25) is 0 Å². The smallest absolute Gasteiger partial charge is 0.274 e. The van der Waals surface area contributed by atoms with E-state index in [2.05, 4.69) is 10.5 Å². The van der Waals surface area contributed by atoms with Crippen molar-refractivity contribution >= 4 is 17.5 Å². The van der Waals surface area contributed by atoms with Crippen LogP contribution in [0.15, 0.2) is 46.1 Å². The van der Waals surface area contributed by atoms with Gasteiger partial charge in [-0.2, -0.15) is 5.10 Å². The number of primary amides is 1. The SMILES string of the molecule is C/C(=N/NC(=O)c1ccoc1C)c1ccc(OCC(N)=O)cc1. The number of carbonyl (C=O) groups excluding carboxylic acids is 2. The quantitative estimate of drug-likeness (QED) is 0.623. The molecule has 1 aromatic carbocycles. The molecule has 0 bridgehead atoms. The van der Waals surface area contributed by atoms with Crippen molar-refractivity contribution in [3.8, 4) is 5.75 Å². The van der Waals surface area contributed by atoms with Gasteiger partial charge in [-0.15, -0.1) is 0 Å². The number of nitrogens with zero attached hydrogens (tertiary/aromatic N) is 1. The molecule has 0 unspecified atom stereocenters. The van der Waals surface area contributed by atoms with Crippen LogP contribution in [0, 0.1) is 6.92 Å². The lowest BCUT2D eigenvalue weighted by atomic mass is 10.1. The largest absolute Gasteiger partial charge is 0.484 e. The summed E-state index contributed by atoms with van der Waals surface area (Å²) >= 11 is 0. The molecule has 0 aliphatic rings. The first-order valence-electron chi connectivity index (χ1n) is 6.87. The van der Waals surface area contributed by atoms with Crippen LogP contribution in [0.1, 0.15) is 28.6 Å². The predicted molar refractivity (Wildman–Crippen MR) is 84.3 cm³/mol. The van der Waals surface area contributed by atoms with Crippen LogP contribution in [0.2, 0.25) is 0 Å². The molecule has 0 fully saturated rings. The summed E-state index contributed by atoms with van der Waals surface area (Å²) in [6.45, 7) is 3.30. The second-order valence-electron chi connectivity index (χ2n) is 4.81. The topological polar surface area (TPSA) is 107 Å². The van der Waals surface area contributed by atoms with E-state index in [1.54, 1.807) is 44.2 Å². The lowest BCUT2D eigenvalue weighted by Crippen LogP contribution is -2.20.